The summed E-state index contributed by atoms with van der Waals surface area (Å²) in [6.45, 7) is 5.35. The van der Waals surface area contributed by atoms with Crippen molar-refractivity contribution in [3.63, 3.8) is 0 Å². The van der Waals surface area contributed by atoms with E-state index >= 15 is 0 Å². The standard InChI is InChI=1S/C13H19F3N4/c1-8-6-20(7-9(2)19(8)3)12-5-10(13(14,15)16)4-11(17)18-12/h4-5,8-9H,6-7H2,1-3H3,(H2,17,18). The van der Waals surface area contributed by atoms with E-state index in [1.165, 1.54) is 0 Å². The third kappa shape index (κ3) is 2.98. The van der Waals surface area contributed by atoms with Gasteiger partial charge in [-0.25, -0.2) is 4.98 Å². The molecular formula is C13H19F3N4. The molecule has 2 rings (SSSR count). The molecule has 1 aromatic rings. The predicted octanol–water partition coefficient (Wildman–Crippen LogP) is 2.21. The molecule has 112 valence electrons. The highest BCUT2D eigenvalue weighted by Crippen LogP contribution is 2.33. The molecule has 2 atom stereocenters. The maximum absolute atomic E-state index is 12.8. The molecule has 4 nitrogen and oxygen atoms in total. The first-order chi connectivity index (χ1) is 9.18. The summed E-state index contributed by atoms with van der Waals surface area (Å²) in [5, 5.41) is 0. The molecule has 0 aromatic carbocycles. The Morgan fingerprint density at radius 1 is 1.20 bits per heavy atom. The van der Waals surface area contributed by atoms with Gasteiger partial charge in [0.2, 0.25) is 0 Å². The van der Waals surface area contributed by atoms with Gasteiger partial charge in [0.05, 0.1) is 5.56 Å². The van der Waals surface area contributed by atoms with Crippen LogP contribution in [0.25, 0.3) is 0 Å². The Bertz CT molecular complexity index is 477. The lowest BCUT2D eigenvalue weighted by Gasteiger charge is -2.43. The molecular weight excluding hydrogens is 269 g/mol. The molecule has 1 aromatic heterocycles. The Kier molecular flexibility index (Phi) is 3.82. The number of likely N-dealkylation sites (N-methyl/N-ethyl adjacent to an activating group) is 1. The molecule has 2 N–H and O–H groups in total. The SMILES string of the molecule is CC1CN(c2cc(C(F)(F)F)cc(N)n2)CC(C)N1C. The molecule has 7 heteroatoms. The van der Waals surface area contributed by atoms with Crippen molar-refractivity contribution < 1.29 is 13.2 Å². The van der Waals surface area contributed by atoms with E-state index in [-0.39, 0.29) is 17.9 Å². The fourth-order valence-corrected chi connectivity index (χ4v) is 2.45. The lowest BCUT2D eigenvalue weighted by Crippen LogP contribution is -2.55. The molecule has 2 unspecified atom stereocenters. The van der Waals surface area contributed by atoms with E-state index < -0.39 is 11.7 Å². The van der Waals surface area contributed by atoms with Crippen LogP contribution in [0.4, 0.5) is 24.8 Å². The van der Waals surface area contributed by atoms with Gasteiger partial charge in [-0.05, 0) is 33.0 Å². The smallest absolute Gasteiger partial charge is 0.384 e. The van der Waals surface area contributed by atoms with Crippen LogP contribution >= 0.6 is 0 Å². The predicted molar refractivity (Wildman–Crippen MR) is 72.6 cm³/mol. The van der Waals surface area contributed by atoms with Gasteiger partial charge in [-0.1, -0.05) is 0 Å². The molecule has 1 saturated heterocycles. The quantitative estimate of drug-likeness (QED) is 0.860. The lowest BCUT2D eigenvalue weighted by atomic mass is 10.1. The van der Waals surface area contributed by atoms with Crippen molar-refractivity contribution in [1.29, 1.82) is 0 Å². The van der Waals surface area contributed by atoms with Gasteiger partial charge in [-0.2, -0.15) is 13.2 Å². The van der Waals surface area contributed by atoms with Gasteiger partial charge in [0.1, 0.15) is 11.6 Å². The molecule has 1 fully saturated rings. The minimum absolute atomic E-state index is 0.103. The van der Waals surface area contributed by atoms with Gasteiger partial charge in [-0.3, -0.25) is 4.90 Å². The zero-order chi connectivity index (χ0) is 15.1. The Hall–Kier alpha value is -1.50. The first-order valence-electron chi connectivity index (χ1n) is 6.50. The van der Waals surface area contributed by atoms with Gasteiger partial charge >= 0.3 is 6.18 Å². The first kappa shape index (κ1) is 14.9. The number of hydrogen-bond donors (Lipinski definition) is 1. The number of rotatable bonds is 1. The van der Waals surface area contributed by atoms with E-state index in [2.05, 4.69) is 9.88 Å². The highest BCUT2D eigenvalue weighted by atomic mass is 19.4. The maximum atomic E-state index is 12.8. The maximum Gasteiger partial charge on any atom is 0.416 e. The zero-order valence-corrected chi connectivity index (χ0v) is 11.8. The second-order valence-electron chi connectivity index (χ2n) is 5.41. The van der Waals surface area contributed by atoms with Crippen LogP contribution in [-0.2, 0) is 6.18 Å². The van der Waals surface area contributed by atoms with E-state index in [1.807, 2.05) is 25.8 Å². The van der Waals surface area contributed by atoms with E-state index in [0.717, 1.165) is 12.1 Å². The molecule has 0 radical (unpaired) electrons. The van der Waals surface area contributed by atoms with Crippen LogP contribution in [0.1, 0.15) is 19.4 Å². The van der Waals surface area contributed by atoms with Crippen molar-refractivity contribution in [2.24, 2.45) is 0 Å². The average molecular weight is 288 g/mol. The topological polar surface area (TPSA) is 45.4 Å². The summed E-state index contributed by atoms with van der Waals surface area (Å²) >= 11 is 0. The first-order valence-corrected chi connectivity index (χ1v) is 6.50. The summed E-state index contributed by atoms with van der Waals surface area (Å²) in [4.78, 5) is 8.11. The molecule has 0 amide bonds. The van der Waals surface area contributed by atoms with Gasteiger partial charge < -0.3 is 10.6 Å². The second-order valence-corrected chi connectivity index (χ2v) is 5.41. The summed E-state index contributed by atoms with van der Waals surface area (Å²) in [5.41, 5.74) is 4.76. The van der Waals surface area contributed by atoms with Crippen molar-refractivity contribution in [2.75, 3.05) is 30.8 Å². The number of anilines is 2. The summed E-state index contributed by atoms with van der Waals surface area (Å²) in [6, 6.07) is 2.43. The monoisotopic (exact) mass is 288 g/mol. The zero-order valence-electron chi connectivity index (χ0n) is 11.8. The van der Waals surface area contributed by atoms with E-state index in [1.54, 1.807) is 0 Å². The highest BCUT2D eigenvalue weighted by Gasteiger charge is 2.33. The Morgan fingerprint density at radius 3 is 2.25 bits per heavy atom. The summed E-state index contributed by atoms with van der Waals surface area (Å²) in [7, 11) is 2.01. The second kappa shape index (κ2) is 5.12. The normalized spacial score (nSPS) is 25.0. The third-order valence-corrected chi connectivity index (χ3v) is 3.84. The minimum atomic E-state index is -4.41. The lowest BCUT2D eigenvalue weighted by molar-refractivity contribution is -0.137. The van der Waals surface area contributed by atoms with Crippen molar-refractivity contribution in [3.8, 4) is 0 Å². The van der Waals surface area contributed by atoms with Crippen LogP contribution in [0, 0.1) is 0 Å². The van der Waals surface area contributed by atoms with Crippen molar-refractivity contribution in [3.05, 3.63) is 17.7 Å². The molecule has 20 heavy (non-hydrogen) atoms. The molecule has 2 heterocycles. The number of hydrogen-bond acceptors (Lipinski definition) is 4. The van der Waals surface area contributed by atoms with Crippen LogP contribution in [0.2, 0.25) is 0 Å². The molecule has 0 spiro atoms. The molecule has 0 saturated carbocycles. The van der Waals surface area contributed by atoms with Gasteiger partial charge in [0.15, 0.2) is 0 Å². The number of nitrogens with zero attached hydrogens (tertiary/aromatic N) is 3. The number of aromatic nitrogens is 1. The van der Waals surface area contributed by atoms with E-state index in [0.29, 0.717) is 18.9 Å². The highest BCUT2D eigenvalue weighted by molar-refractivity contribution is 5.50. The number of piperazine rings is 1. The number of halogens is 3. The van der Waals surface area contributed by atoms with Crippen molar-refractivity contribution in [1.82, 2.24) is 9.88 Å². The molecule has 1 aliphatic heterocycles. The fourth-order valence-electron chi connectivity index (χ4n) is 2.45. The van der Waals surface area contributed by atoms with Crippen LogP contribution in [-0.4, -0.2) is 42.1 Å². The van der Waals surface area contributed by atoms with Gasteiger partial charge in [0.25, 0.3) is 0 Å². The van der Waals surface area contributed by atoms with E-state index in [4.69, 9.17) is 5.73 Å². The number of nitrogen functional groups attached to an aromatic ring is 1. The molecule has 0 aliphatic carbocycles. The van der Waals surface area contributed by atoms with Crippen molar-refractivity contribution in [2.45, 2.75) is 32.1 Å². The van der Waals surface area contributed by atoms with Gasteiger partial charge in [0, 0.05) is 25.2 Å². The van der Waals surface area contributed by atoms with E-state index in [9.17, 15) is 13.2 Å². The van der Waals surface area contributed by atoms with Crippen LogP contribution < -0.4 is 10.6 Å². The Balaban J connectivity index is 2.31. The van der Waals surface area contributed by atoms with Gasteiger partial charge in [-0.15, -0.1) is 0 Å². The third-order valence-electron chi connectivity index (χ3n) is 3.84. The summed E-state index contributed by atoms with van der Waals surface area (Å²) < 4.78 is 38.5. The molecule has 1 aliphatic rings. The van der Waals surface area contributed by atoms with Crippen LogP contribution in [0.5, 0.6) is 0 Å². The van der Waals surface area contributed by atoms with Crippen LogP contribution in [0.15, 0.2) is 12.1 Å². The fraction of sp³-hybridized carbons (Fsp3) is 0.615. The minimum Gasteiger partial charge on any atom is -0.384 e. The largest absolute Gasteiger partial charge is 0.416 e. The summed E-state index contributed by atoms with van der Waals surface area (Å²) in [5.74, 6) is 0.193. The average Bonchev–Trinajstić information content (AvgIpc) is 2.33. The number of alkyl halides is 3. The van der Waals surface area contributed by atoms with Crippen LogP contribution in [0.3, 0.4) is 0 Å². The molecule has 0 bridgehead atoms. The Labute approximate surface area is 116 Å². The number of nitrogens with two attached hydrogens (primary N) is 1. The number of pyridine rings is 1. The Morgan fingerprint density at radius 2 is 1.75 bits per heavy atom. The van der Waals surface area contributed by atoms with Crippen molar-refractivity contribution >= 4 is 11.6 Å². The summed E-state index contributed by atoms with van der Waals surface area (Å²) in [6.07, 6.45) is -4.41.